The third-order valence-corrected chi connectivity index (χ3v) is 11.8. The molecule has 0 aliphatic heterocycles. The lowest BCUT2D eigenvalue weighted by Crippen LogP contribution is -2.75. The number of nitrogens with zero attached hydrogens (tertiary/aromatic N) is 2. The minimum absolute atomic E-state index is 0.0661. The van der Waals surface area contributed by atoms with Crippen molar-refractivity contribution in [2.45, 2.75) is 56.0 Å². The van der Waals surface area contributed by atoms with Crippen molar-refractivity contribution in [3.05, 3.63) is 195 Å². The molecule has 0 saturated carbocycles. The molecule has 78 heavy (non-hydrogen) atoms. The van der Waals surface area contributed by atoms with E-state index in [1.807, 2.05) is 65.5 Å². The summed E-state index contributed by atoms with van der Waals surface area (Å²) in [6.07, 6.45) is -51.0. The van der Waals surface area contributed by atoms with Gasteiger partial charge >= 0.3 is 49.4 Å². The summed E-state index contributed by atoms with van der Waals surface area (Å²) in [4.78, 5) is 12.2. The van der Waals surface area contributed by atoms with Gasteiger partial charge in [-0.15, -0.1) is 0 Å². The lowest BCUT2D eigenvalue weighted by Gasteiger charge is -2.46. The van der Waals surface area contributed by atoms with E-state index in [2.05, 4.69) is 6.07 Å². The van der Waals surface area contributed by atoms with Gasteiger partial charge in [0.1, 0.15) is 6.15 Å². The molecule has 1 aromatic heterocycles. The van der Waals surface area contributed by atoms with E-state index in [0.717, 1.165) is 10.8 Å². The maximum Gasteiger partial charge on any atom is 0.416 e. The maximum absolute atomic E-state index is 14.2. The average molecular weight is 1140 g/mol. The summed E-state index contributed by atoms with van der Waals surface area (Å²) in [5, 5.41) is 11.0. The zero-order valence-electron chi connectivity index (χ0n) is 37.9. The van der Waals surface area contributed by atoms with E-state index in [0.29, 0.717) is 11.1 Å². The second kappa shape index (κ2) is 20.6. The molecule has 0 aliphatic carbocycles. The summed E-state index contributed by atoms with van der Waals surface area (Å²) in [7, 11) is 0. The van der Waals surface area contributed by atoms with Gasteiger partial charge in [0, 0.05) is 17.0 Å². The minimum atomic E-state index is -6.13. The van der Waals surface area contributed by atoms with Crippen LogP contribution >= 0.6 is 0 Å². The van der Waals surface area contributed by atoms with E-state index in [9.17, 15) is 110 Å². The highest BCUT2D eigenvalue weighted by molar-refractivity contribution is 7.20. The Morgan fingerprint density at radius 1 is 0.385 bits per heavy atom. The number of alkyl halides is 24. The van der Waals surface area contributed by atoms with E-state index in [1.165, 1.54) is 0 Å². The van der Waals surface area contributed by atoms with E-state index in [4.69, 9.17) is 5.26 Å². The van der Waals surface area contributed by atoms with Crippen LogP contribution in [0.5, 0.6) is 0 Å². The zero-order chi connectivity index (χ0) is 58.6. The summed E-state index contributed by atoms with van der Waals surface area (Å²) in [5.41, 5.74) is -28.9. The van der Waals surface area contributed by atoms with E-state index < -0.39 is 195 Å². The number of hydrogen-bond donors (Lipinski definition) is 0. The summed E-state index contributed by atoms with van der Waals surface area (Å²) in [5.74, 6) is 0.0661. The van der Waals surface area contributed by atoms with Crippen molar-refractivity contribution in [2.75, 3.05) is 0 Å². The van der Waals surface area contributed by atoms with Gasteiger partial charge in [0.15, 0.2) is 12.4 Å². The molecule has 28 heteroatoms. The lowest BCUT2D eigenvalue weighted by atomic mass is 9.12. The number of carbonyl (C=O) groups is 1. The summed E-state index contributed by atoms with van der Waals surface area (Å²) < 4.78 is 343. The summed E-state index contributed by atoms with van der Waals surface area (Å²) >= 11 is 0. The van der Waals surface area contributed by atoms with Gasteiger partial charge in [-0.3, -0.25) is 4.79 Å². The Balaban J connectivity index is 0.000000387. The Kier molecular flexibility index (Phi) is 15.7. The first-order chi connectivity index (χ1) is 35.5. The number of carbonyl (C=O) groups excluding carboxylic acids is 1. The fraction of sp³-hybridized carbons (Fsp3) is 0.180. The van der Waals surface area contributed by atoms with Crippen LogP contribution in [0.3, 0.4) is 0 Å². The number of pyridine rings is 1. The molecule has 3 nitrogen and oxygen atoms in total. The molecule has 0 atom stereocenters. The molecule has 0 unspecified atom stereocenters. The van der Waals surface area contributed by atoms with Crippen LogP contribution in [0.2, 0.25) is 0 Å². The van der Waals surface area contributed by atoms with Gasteiger partial charge in [-0.2, -0.15) is 137 Å². The predicted molar refractivity (Wildman–Crippen MR) is 230 cm³/mol. The number of rotatable bonds is 7. The smallest absolute Gasteiger partial charge is 0.287 e. The Hall–Kier alpha value is -7.73. The number of aromatic nitrogens is 1. The van der Waals surface area contributed by atoms with Crippen molar-refractivity contribution < 1.29 is 115 Å². The van der Waals surface area contributed by atoms with E-state index in [1.54, 1.807) is 6.07 Å². The first-order valence-corrected chi connectivity index (χ1v) is 21.3. The number of benzene rings is 6. The highest BCUT2D eigenvalue weighted by Crippen LogP contribution is 2.41. The van der Waals surface area contributed by atoms with Gasteiger partial charge in [0.05, 0.1) is 56.1 Å². The molecule has 412 valence electrons. The van der Waals surface area contributed by atoms with Crippen LogP contribution in [0.25, 0.3) is 10.8 Å². The molecule has 0 saturated heterocycles. The summed E-state index contributed by atoms with van der Waals surface area (Å²) in [6.45, 7) is 0.288. The lowest BCUT2D eigenvalue weighted by molar-refractivity contribution is -0.681. The number of nitriles is 1. The summed E-state index contributed by atoms with van der Waals surface area (Å²) in [6, 6.07) is 10.1. The Morgan fingerprint density at radius 3 is 0.949 bits per heavy atom. The van der Waals surface area contributed by atoms with Gasteiger partial charge in [-0.1, -0.05) is 84.9 Å². The van der Waals surface area contributed by atoms with Crippen LogP contribution in [0.15, 0.2) is 140 Å². The second-order valence-corrected chi connectivity index (χ2v) is 17.1. The van der Waals surface area contributed by atoms with Gasteiger partial charge in [-0.05, 0) is 41.8 Å². The van der Waals surface area contributed by atoms with Crippen molar-refractivity contribution in [3.63, 3.8) is 0 Å². The maximum atomic E-state index is 14.2. The number of ketones is 1. The molecule has 7 aromatic rings. The Morgan fingerprint density at radius 2 is 0.679 bits per heavy atom. The normalized spacial score (nSPS) is 13.2. The van der Waals surface area contributed by atoms with E-state index >= 15 is 0 Å². The van der Waals surface area contributed by atoms with Crippen LogP contribution in [-0.2, 0) is 56.0 Å². The van der Waals surface area contributed by atoms with Crippen LogP contribution in [0, 0.1) is 11.3 Å². The van der Waals surface area contributed by atoms with Gasteiger partial charge in [0.2, 0.25) is 12.3 Å². The fourth-order valence-electron chi connectivity index (χ4n) is 8.36. The van der Waals surface area contributed by atoms with Crippen LogP contribution < -0.4 is 26.4 Å². The third kappa shape index (κ3) is 13.3. The van der Waals surface area contributed by atoms with Crippen molar-refractivity contribution in [1.29, 1.82) is 5.26 Å². The fourth-order valence-corrected chi connectivity index (χ4v) is 8.36. The molecule has 6 aromatic carbocycles. The molecule has 1 heterocycles. The highest BCUT2D eigenvalue weighted by Gasteiger charge is 2.47. The molecule has 0 amide bonds. The quantitative estimate of drug-likeness (QED) is 0.0691. The largest absolute Gasteiger partial charge is 0.416 e. The van der Waals surface area contributed by atoms with Crippen LogP contribution in [0.4, 0.5) is 105 Å². The van der Waals surface area contributed by atoms with Gasteiger partial charge in [-0.25, -0.2) is 0 Å². The van der Waals surface area contributed by atoms with Crippen LogP contribution in [0.1, 0.15) is 60.4 Å². The van der Waals surface area contributed by atoms with Crippen LogP contribution in [-0.4, -0.2) is 11.9 Å². The number of hydrogen-bond acceptors (Lipinski definition) is 2. The number of halogens is 24. The molecule has 0 N–H and O–H groups in total. The molecule has 0 fully saturated rings. The van der Waals surface area contributed by atoms with Gasteiger partial charge in [0.25, 0.3) is 0 Å². The predicted octanol–water partition coefficient (Wildman–Crippen LogP) is 14.1. The van der Waals surface area contributed by atoms with Crippen molar-refractivity contribution >= 4 is 44.6 Å². The zero-order valence-corrected chi connectivity index (χ0v) is 37.9. The molecule has 0 radical (unpaired) electrons. The molecule has 0 bridgehead atoms. The molecule has 0 spiro atoms. The first kappa shape index (κ1) is 59.5. The van der Waals surface area contributed by atoms with Crippen molar-refractivity contribution in [2.24, 2.45) is 0 Å². The molecular weight excluding hydrogens is 1110 g/mol. The second-order valence-electron chi connectivity index (χ2n) is 17.1. The molecular formula is C50H25BF24N2O. The van der Waals surface area contributed by atoms with E-state index in [-0.39, 0.29) is 12.3 Å². The van der Waals surface area contributed by atoms with Gasteiger partial charge < -0.3 is 0 Å². The standard InChI is InChI=1S/C32H12BF24.C18H13N2O/c34-25(35,36)13-1-14(26(37,38)39)6-21(5-13)33(22-7-15(27(40,41)42)2-16(8-22)28(43,44)45,23-9-17(29(46,47)48)3-18(10-23)30(49,50)51)24-11-19(31(52,53)54)4-20(12-24)32(55,56)57;19-11-14-6-7-15-8-9-20(12-17(15)10-14)13-18(21)16-4-2-1-3-5-16/h1-12H;1-10,12H,13H2/q-1;+1. The number of Topliss-reactive ketones (excluding diaryl/α,β-unsaturated/α-hetero) is 1. The molecule has 7 rings (SSSR count). The molecule has 0 aliphatic rings. The number of fused-ring (bicyclic) bond motifs is 1. The Bertz CT molecular complexity index is 2970. The minimum Gasteiger partial charge on any atom is -0.287 e. The Labute approximate surface area is 421 Å². The monoisotopic (exact) mass is 1140 g/mol. The van der Waals surface area contributed by atoms with Crippen molar-refractivity contribution in [3.8, 4) is 6.07 Å². The first-order valence-electron chi connectivity index (χ1n) is 21.3. The SMILES string of the molecule is FC(F)(F)c1cc([B-](c2cc(C(F)(F)F)cc(C(F)(F)F)c2)(c2cc(C(F)(F)F)cc(C(F)(F)F)c2)c2cc(C(F)(F)F)cc(C(F)(F)F)c2)cc(C(F)(F)F)c1.N#Cc1ccc2cc[n+](CC(=O)c3ccccc3)cc2c1. The van der Waals surface area contributed by atoms with Crippen molar-refractivity contribution in [1.82, 2.24) is 0 Å². The average Bonchev–Trinajstić information content (AvgIpc) is 3.32. The third-order valence-electron chi connectivity index (χ3n) is 11.8. The highest BCUT2D eigenvalue weighted by atomic mass is 19.4. The topological polar surface area (TPSA) is 44.7 Å².